The van der Waals surface area contributed by atoms with E-state index in [9.17, 15) is 0 Å². The molecule has 0 radical (unpaired) electrons. The first-order valence-electron chi connectivity index (χ1n) is 4.87. The van der Waals surface area contributed by atoms with Crippen LogP contribution in [0.2, 0.25) is 0 Å². The summed E-state index contributed by atoms with van der Waals surface area (Å²) in [7, 11) is 2.39. The minimum atomic E-state index is 0.644. The third kappa shape index (κ3) is 1.76. The molecule has 2 atom stereocenters. The van der Waals surface area contributed by atoms with Gasteiger partial charge < -0.3 is 4.48 Å². The second kappa shape index (κ2) is 2.78. The molecule has 2 unspecified atom stereocenters. The van der Waals surface area contributed by atoms with E-state index in [0.29, 0.717) is 5.41 Å². The van der Waals surface area contributed by atoms with Crippen molar-refractivity contribution in [2.75, 3.05) is 26.7 Å². The molecule has 1 fully saturated rings. The second-order valence-electron chi connectivity index (χ2n) is 4.73. The molecular formula is C10H22N+. The Hall–Kier alpha value is -0.0400. The van der Waals surface area contributed by atoms with Crippen LogP contribution in [0.1, 0.15) is 33.6 Å². The summed E-state index contributed by atoms with van der Waals surface area (Å²) in [6.45, 7) is 11.1. The van der Waals surface area contributed by atoms with Crippen molar-refractivity contribution >= 4 is 0 Å². The molecule has 1 nitrogen and oxygen atoms in total. The summed E-state index contributed by atoms with van der Waals surface area (Å²) < 4.78 is 1.30. The van der Waals surface area contributed by atoms with Gasteiger partial charge in [-0.2, -0.15) is 0 Å². The molecule has 0 spiro atoms. The van der Waals surface area contributed by atoms with Crippen LogP contribution in [0, 0.1) is 5.41 Å². The van der Waals surface area contributed by atoms with Gasteiger partial charge in [-0.05, 0) is 13.3 Å². The van der Waals surface area contributed by atoms with Gasteiger partial charge in [0, 0.05) is 11.8 Å². The van der Waals surface area contributed by atoms with Crippen LogP contribution in [0.15, 0.2) is 0 Å². The van der Waals surface area contributed by atoms with Crippen LogP contribution in [0.3, 0.4) is 0 Å². The highest BCUT2D eigenvalue weighted by Crippen LogP contribution is 2.36. The van der Waals surface area contributed by atoms with Gasteiger partial charge in [0.15, 0.2) is 0 Å². The fourth-order valence-electron chi connectivity index (χ4n) is 2.18. The molecule has 0 aromatic heterocycles. The van der Waals surface area contributed by atoms with Crippen LogP contribution in [0.4, 0.5) is 0 Å². The SMILES string of the molecule is CCC1(C)CC[N+](C)(CC)C1. The summed E-state index contributed by atoms with van der Waals surface area (Å²) >= 11 is 0. The van der Waals surface area contributed by atoms with E-state index in [0.717, 1.165) is 0 Å². The highest BCUT2D eigenvalue weighted by atomic mass is 15.3. The molecule has 66 valence electrons. The Balaban J connectivity index is 2.58. The first-order valence-corrected chi connectivity index (χ1v) is 4.87. The maximum absolute atomic E-state index is 2.44. The average Bonchev–Trinajstić information content (AvgIpc) is 2.30. The van der Waals surface area contributed by atoms with E-state index in [1.807, 2.05) is 0 Å². The fourth-order valence-corrected chi connectivity index (χ4v) is 2.18. The summed E-state index contributed by atoms with van der Waals surface area (Å²) in [5.74, 6) is 0. The second-order valence-corrected chi connectivity index (χ2v) is 4.73. The largest absolute Gasteiger partial charge is 0.326 e. The van der Waals surface area contributed by atoms with Gasteiger partial charge >= 0.3 is 0 Å². The van der Waals surface area contributed by atoms with Crippen LogP contribution in [-0.4, -0.2) is 31.2 Å². The normalized spacial score (nSPS) is 44.7. The van der Waals surface area contributed by atoms with E-state index in [-0.39, 0.29) is 0 Å². The van der Waals surface area contributed by atoms with Gasteiger partial charge in [-0.3, -0.25) is 0 Å². The van der Waals surface area contributed by atoms with Crippen molar-refractivity contribution in [1.82, 2.24) is 0 Å². The smallest absolute Gasteiger partial charge is 0.0841 e. The lowest BCUT2D eigenvalue weighted by Crippen LogP contribution is -2.42. The zero-order valence-electron chi connectivity index (χ0n) is 8.48. The van der Waals surface area contributed by atoms with Gasteiger partial charge in [0.2, 0.25) is 0 Å². The molecule has 1 saturated heterocycles. The molecule has 0 aromatic rings. The number of nitrogens with zero attached hydrogens (tertiary/aromatic N) is 1. The summed E-state index contributed by atoms with van der Waals surface area (Å²) in [5.41, 5.74) is 0.644. The molecular weight excluding hydrogens is 134 g/mol. The van der Waals surface area contributed by atoms with Crippen LogP contribution >= 0.6 is 0 Å². The third-order valence-corrected chi connectivity index (χ3v) is 3.64. The molecule has 1 aliphatic heterocycles. The Morgan fingerprint density at radius 3 is 2.27 bits per heavy atom. The van der Waals surface area contributed by atoms with Gasteiger partial charge in [0.1, 0.15) is 0 Å². The maximum Gasteiger partial charge on any atom is 0.0841 e. The van der Waals surface area contributed by atoms with Crippen molar-refractivity contribution in [3.8, 4) is 0 Å². The summed E-state index contributed by atoms with van der Waals surface area (Å²) in [6, 6.07) is 0. The van der Waals surface area contributed by atoms with Crippen molar-refractivity contribution in [3.63, 3.8) is 0 Å². The van der Waals surface area contributed by atoms with Gasteiger partial charge in [0.25, 0.3) is 0 Å². The quantitative estimate of drug-likeness (QED) is 0.538. The van der Waals surface area contributed by atoms with E-state index in [1.54, 1.807) is 0 Å². The van der Waals surface area contributed by atoms with E-state index in [1.165, 1.54) is 37.0 Å². The predicted octanol–water partition coefficient (Wildman–Crippen LogP) is 2.27. The Morgan fingerprint density at radius 1 is 1.36 bits per heavy atom. The van der Waals surface area contributed by atoms with Crippen LogP contribution in [0.25, 0.3) is 0 Å². The van der Waals surface area contributed by atoms with Gasteiger partial charge in [0.05, 0.1) is 26.7 Å². The van der Waals surface area contributed by atoms with Crippen LogP contribution in [-0.2, 0) is 0 Å². The molecule has 0 saturated carbocycles. The molecule has 0 bridgehead atoms. The lowest BCUT2D eigenvalue weighted by Gasteiger charge is -2.30. The van der Waals surface area contributed by atoms with Gasteiger partial charge in [-0.15, -0.1) is 0 Å². The van der Waals surface area contributed by atoms with Crippen molar-refractivity contribution < 1.29 is 4.48 Å². The third-order valence-electron chi connectivity index (χ3n) is 3.64. The number of hydrogen-bond acceptors (Lipinski definition) is 0. The Morgan fingerprint density at radius 2 is 2.00 bits per heavy atom. The minimum Gasteiger partial charge on any atom is -0.326 e. The first-order chi connectivity index (χ1) is 5.04. The van der Waals surface area contributed by atoms with Gasteiger partial charge in [-0.25, -0.2) is 0 Å². The highest BCUT2D eigenvalue weighted by molar-refractivity contribution is 4.77. The summed E-state index contributed by atoms with van der Waals surface area (Å²) in [4.78, 5) is 0. The summed E-state index contributed by atoms with van der Waals surface area (Å²) in [6.07, 6.45) is 2.77. The minimum absolute atomic E-state index is 0.644. The molecule has 1 heterocycles. The van der Waals surface area contributed by atoms with Crippen molar-refractivity contribution in [2.24, 2.45) is 5.41 Å². The topological polar surface area (TPSA) is 0 Å². The van der Waals surface area contributed by atoms with Crippen LogP contribution < -0.4 is 0 Å². The average molecular weight is 156 g/mol. The number of hydrogen-bond donors (Lipinski definition) is 0. The monoisotopic (exact) mass is 156 g/mol. The molecule has 0 aromatic carbocycles. The molecule has 0 aliphatic carbocycles. The van der Waals surface area contributed by atoms with Crippen LogP contribution in [0.5, 0.6) is 0 Å². The molecule has 1 rings (SSSR count). The van der Waals surface area contributed by atoms with E-state index >= 15 is 0 Å². The number of likely N-dealkylation sites (tertiary alicyclic amines) is 1. The first kappa shape index (κ1) is 9.05. The van der Waals surface area contributed by atoms with Crippen molar-refractivity contribution in [2.45, 2.75) is 33.6 Å². The Bertz CT molecular complexity index is 128. The maximum atomic E-state index is 2.44. The Labute approximate surface area is 71.0 Å². The van der Waals surface area contributed by atoms with Crippen molar-refractivity contribution in [1.29, 1.82) is 0 Å². The molecule has 11 heavy (non-hydrogen) atoms. The van der Waals surface area contributed by atoms with E-state index < -0.39 is 0 Å². The van der Waals surface area contributed by atoms with E-state index in [4.69, 9.17) is 0 Å². The van der Waals surface area contributed by atoms with Gasteiger partial charge in [-0.1, -0.05) is 13.8 Å². The lowest BCUT2D eigenvalue weighted by molar-refractivity contribution is -0.898. The number of rotatable bonds is 2. The zero-order valence-corrected chi connectivity index (χ0v) is 8.48. The zero-order chi connectivity index (χ0) is 8.54. The fraction of sp³-hybridized carbons (Fsp3) is 1.00. The highest BCUT2D eigenvalue weighted by Gasteiger charge is 2.40. The molecule has 0 N–H and O–H groups in total. The van der Waals surface area contributed by atoms with E-state index in [2.05, 4.69) is 27.8 Å². The van der Waals surface area contributed by atoms with Crippen molar-refractivity contribution in [3.05, 3.63) is 0 Å². The summed E-state index contributed by atoms with van der Waals surface area (Å²) in [5, 5.41) is 0. The lowest BCUT2D eigenvalue weighted by atomic mass is 9.87. The standard InChI is InChI=1S/C10H22N/c1-5-10(3)7-8-11(4,6-2)9-10/h5-9H2,1-4H3/q+1. The molecule has 0 amide bonds. The molecule has 1 aliphatic rings. The Kier molecular flexibility index (Phi) is 2.29. The molecule has 1 heteroatoms. The predicted molar refractivity (Wildman–Crippen MR) is 49.5 cm³/mol. The number of quaternary nitrogens is 1.